The van der Waals surface area contributed by atoms with Gasteiger partial charge in [-0.1, -0.05) is 28.1 Å². The molecule has 0 saturated carbocycles. The van der Waals surface area contributed by atoms with E-state index >= 15 is 0 Å². The topological polar surface area (TPSA) is 82.9 Å². The minimum Gasteiger partial charge on any atom is -0.497 e. The highest BCUT2D eigenvalue weighted by Crippen LogP contribution is 2.37. The van der Waals surface area contributed by atoms with Crippen molar-refractivity contribution < 1.29 is 19.1 Å². The lowest BCUT2D eigenvalue weighted by atomic mass is 10.1. The van der Waals surface area contributed by atoms with Gasteiger partial charge in [-0.3, -0.25) is 10.1 Å². The third kappa shape index (κ3) is 5.96. The molecule has 162 valence electrons. The summed E-state index contributed by atoms with van der Waals surface area (Å²) < 4.78 is 17.7. The molecule has 1 N–H and O–H groups in total. The van der Waals surface area contributed by atoms with Crippen LogP contribution in [-0.4, -0.2) is 19.1 Å². The summed E-state index contributed by atoms with van der Waals surface area (Å²) in [4.78, 5) is 10.4. The van der Waals surface area contributed by atoms with Gasteiger partial charge in [-0.2, -0.15) is 0 Å². The van der Waals surface area contributed by atoms with Gasteiger partial charge < -0.3 is 19.5 Å². The maximum absolute atomic E-state index is 10.8. The van der Waals surface area contributed by atoms with E-state index < -0.39 is 4.92 Å². The number of nitrogens with one attached hydrogen (secondary N) is 1. The van der Waals surface area contributed by atoms with Crippen LogP contribution in [0, 0.1) is 10.1 Å². The van der Waals surface area contributed by atoms with Gasteiger partial charge in [0.25, 0.3) is 5.69 Å². The van der Waals surface area contributed by atoms with E-state index in [1.807, 2.05) is 36.4 Å². The van der Waals surface area contributed by atoms with Gasteiger partial charge in [-0.05, 0) is 47.5 Å². The van der Waals surface area contributed by atoms with Crippen molar-refractivity contribution in [1.29, 1.82) is 0 Å². The maximum Gasteiger partial charge on any atom is 0.269 e. The van der Waals surface area contributed by atoms with E-state index in [0.717, 1.165) is 26.9 Å². The van der Waals surface area contributed by atoms with E-state index in [1.54, 1.807) is 26.4 Å². The Bertz CT molecular complexity index is 1020. The van der Waals surface area contributed by atoms with E-state index in [9.17, 15) is 10.1 Å². The summed E-state index contributed by atoms with van der Waals surface area (Å²) in [7, 11) is 3.24. The molecule has 0 aliphatic heterocycles. The van der Waals surface area contributed by atoms with Crippen LogP contribution in [0.25, 0.3) is 0 Å². The van der Waals surface area contributed by atoms with Crippen LogP contribution in [-0.2, 0) is 19.7 Å². The van der Waals surface area contributed by atoms with Crippen molar-refractivity contribution in [2.45, 2.75) is 19.7 Å². The molecule has 0 spiro atoms. The Kier molecular flexibility index (Phi) is 7.86. The van der Waals surface area contributed by atoms with Gasteiger partial charge in [-0.15, -0.1) is 0 Å². The molecule has 0 radical (unpaired) electrons. The molecule has 0 aliphatic rings. The van der Waals surface area contributed by atoms with Crippen molar-refractivity contribution in [2.75, 3.05) is 14.2 Å². The molecule has 0 heterocycles. The zero-order valence-electron chi connectivity index (χ0n) is 17.3. The van der Waals surface area contributed by atoms with Crippen molar-refractivity contribution in [2.24, 2.45) is 0 Å². The predicted octanol–water partition coefficient (Wildman–Crippen LogP) is 5.24. The number of benzene rings is 3. The predicted molar refractivity (Wildman–Crippen MR) is 122 cm³/mol. The minimum absolute atomic E-state index is 0.0483. The summed E-state index contributed by atoms with van der Waals surface area (Å²) in [6.45, 7) is 1.49. The molecule has 3 rings (SSSR count). The first-order valence-corrected chi connectivity index (χ1v) is 10.4. The zero-order chi connectivity index (χ0) is 22.2. The van der Waals surface area contributed by atoms with Gasteiger partial charge in [-0.25, -0.2) is 0 Å². The van der Waals surface area contributed by atoms with Gasteiger partial charge in [0.15, 0.2) is 11.5 Å². The molecule has 3 aromatic carbocycles. The summed E-state index contributed by atoms with van der Waals surface area (Å²) in [5.74, 6) is 2.06. The van der Waals surface area contributed by atoms with Crippen LogP contribution in [0.4, 0.5) is 5.69 Å². The molecule has 31 heavy (non-hydrogen) atoms. The zero-order valence-corrected chi connectivity index (χ0v) is 18.8. The number of nitrogens with zero attached hydrogens (tertiary/aromatic N) is 1. The van der Waals surface area contributed by atoms with Gasteiger partial charge >= 0.3 is 0 Å². The second-order valence-corrected chi connectivity index (χ2v) is 7.58. The fourth-order valence-electron chi connectivity index (χ4n) is 3.01. The molecular formula is C23H23BrN2O5. The quantitative estimate of drug-likeness (QED) is 0.311. The largest absolute Gasteiger partial charge is 0.497 e. The van der Waals surface area contributed by atoms with Crippen molar-refractivity contribution in [3.8, 4) is 17.2 Å². The molecule has 0 bridgehead atoms. The second kappa shape index (κ2) is 10.8. The molecule has 0 fully saturated rings. The van der Waals surface area contributed by atoms with Crippen LogP contribution in [0.1, 0.15) is 16.7 Å². The van der Waals surface area contributed by atoms with Gasteiger partial charge in [0, 0.05) is 35.3 Å². The highest BCUT2D eigenvalue weighted by Gasteiger charge is 2.15. The average molecular weight is 487 g/mol. The Hall–Kier alpha value is -3.10. The highest BCUT2D eigenvalue weighted by atomic mass is 79.9. The standard InChI is InChI=1S/C23H23BrN2O5/c1-29-19-9-5-16(6-10-19)13-25-14-20-21(24)11-12-22(30-2)23(20)31-15-17-3-7-18(8-4-17)26(27)28/h3-12,25H,13-15H2,1-2H3. The first kappa shape index (κ1) is 22.6. The molecule has 0 aromatic heterocycles. The number of hydrogen-bond donors (Lipinski definition) is 1. The number of non-ortho nitro benzene ring substituents is 1. The third-order valence-electron chi connectivity index (χ3n) is 4.71. The van der Waals surface area contributed by atoms with Crippen LogP contribution in [0.5, 0.6) is 17.2 Å². The van der Waals surface area contributed by atoms with E-state index in [0.29, 0.717) is 24.6 Å². The lowest BCUT2D eigenvalue weighted by molar-refractivity contribution is -0.384. The number of ether oxygens (including phenoxy) is 3. The Balaban J connectivity index is 1.71. The van der Waals surface area contributed by atoms with E-state index in [-0.39, 0.29) is 12.3 Å². The molecule has 3 aromatic rings. The number of methoxy groups -OCH3 is 2. The summed E-state index contributed by atoms with van der Waals surface area (Å²) in [6.07, 6.45) is 0. The Morgan fingerprint density at radius 2 is 1.58 bits per heavy atom. The van der Waals surface area contributed by atoms with Gasteiger partial charge in [0.05, 0.1) is 19.1 Å². The summed E-state index contributed by atoms with van der Waals surface area (Å²) >= 11 is 3.60. The maximum atomic E-state index is 10.8. The molecule has 0 amide bonds. The van der Waals surface area contributed by atoms with Gasteiger partial charge in [0.1, 0.15) is 12.4 Å². The minimum atomic E-state index is -0.422. The molecule has 7 nitrogen and oxygen atoms in total. The molecule has 0 aliphatic carbocycles. The number of nitro benzene ring substituents is 1. The lowest BCUT2D eigenvalue weighted by Crippen LogP contribution is -2.14. The average Bonchev–Trinajstić information content (AvgIpc) is 2.79. The molecular weight excluding hydrogens is 464 g/mol. The fraction of sp³-hybridized carbons (Fsp3) is 0.217. The van der Waals surface area contributed by atoms with Crippen LogP contribution in [0.15, 0.2) is 65.1 Å². The van der Waals surface area contributed by atoms with Crippen LogP contribution >= 0.6 is 15.9 Å². The Morgan fingerprint density at radius 1 is 0.903 bits per heavy atom. The SMILES string of the molecule is COc1ccc(CNCc2c(Br)ccc(OC)c2OCc2ccc([N+](=O)[O-])cc2)cc1. The lowest BCUT2D eigenvalue weighted by Gasteiger charge is -2.17. The summed E-state index contributed by atoms with van der Waals surface area (Å²) in [5.41, 5.74) is 2.93. The van der Waals surface area contributed by atoms with E-state index in [1.165, 1.54) is 12.1 Å². The van der Waals surface area contributed by atoms with Gasteiger partial charge in [0.2, 0.25) is 0 Å². The first-order chi connectivity index (χ1) is 15.0. The number of rotatable bonds is 10. The van der Waals surface area contributed by atoms with Crippen molar-refractivity contribution in [1.82, 2.24) is 5.32 Å². The third-order valence-corrected chi connectivity index (χ3v) is 5.45. The molecule has 0 atom stereocenters. The van der Waals surface area contributed by atoms with E-state index in [4.69, 9.17) is 14.2 Å². The van der Waals surface area contributed by atoms with Crippen LogP contribution in [0.2, 0.25) is 0 Å². The summed E-state index contributed by atoms with van der Waals surface area (Å²) in [5, 5.41) is 14.3. The van der Waals surface area contributed by atoms with E-state index in [2.05, 4.69) is 21.2 Å². The molecule has 0 saturated heterocycles. The number of nitro groups is 1. The number of hydrogen-bond acceptors (Lipinski definition) is 6. The Labute approximate surface area is 189 Å². The monoisotopic (exact) mass is 486 g/mol. The Morgan fingerprint density at radius 3 is 2.19 bits per heavy atom. The summed E-state index contributed by atoms with van der Waals surface area (Å²) in [6, 6.07) is 17.9. The second-order valence-electron chi connectivity index (χ2n) is 6.72. The van der Waals surface area contributed by atoms with Crippen molar-refractivity contribution >= 4 is 21.6 Å². The first-order valence-electron chi connectivity index (χ1n) is 9.57. The molecule has 0 unspecified atom stereocenters. The normalized spacial score (nSPS) is 10.5. The number of halogens is 1. The van der Waals surface area contributed by atoms with Crippen LogP contribution < -0.4 is 19.5 Å². The van der Waals surface area contributed by atoms with Crippen molar-refractivity contribution in [3.63, 3.8) is 0 Å². The smallest absolute Gasteiger partial charge is 0.269 e. The molecule has 8 heteroatoms. The van der Waals surface area contributed by atoms with Crippen LogP contribution in [0.3, 0.4) is 0 Å². The van der Waals surface area contributed by atoms with Crippen molar-refractivity contribution in [3.05, 3.63) is 91.9 Å². The highest BCUT2D eigenvalue weighted by molar-refractivity contribution is 9.10. The fourth-order valence-corrected chi connectivity index (χ4v) is 3.46.